The van der Waals surface area contributed by atoms with Crippen molar-refractivity contribution in [3.8, 4) is 10.6 Å². The van der Waals surface area contributed by atoms with Crippen LogP contribution in [0, 0.1) is 5.41 Å². The minimum absolute atomic E-state index is 0.170. The van der Waals surface area contributed by atoms with Gasteiger partial charge in [-0.3, -0.25) is 9.59 Å². The molecule has 25 heavy (non-hydrogen) atoms. The van der Waals surface area contributed by atoms with E-state index in [-0.39, 0.29) is 18.9 Å². The number of hydrogen-bond donors (Lipinski definition) is 2. The lowest BCUT2D eigenvalue weighted by Crippen LogP contribution is -2.44. The number of rotatable bonds is 6. The minimum atomic E-state index is -0.800. The van der Waals surface area contributed by atoms with Crippen LogP contribution in [0.3, 0.4) is 0 Å². The molecule has 132 valence electrons. The molecule has 1 amide bonds. The third-order valence-electron chi connectivity index (χ3n) is 4.80. The molecule has 1 aliphatic rings. The summed E-state index contributed by atoms with van der Waals surface area (Å²) in [6.07, 6.45) is 4.35. The van der Waals surface area contributed by atoms with Crippen LogP contribution in [0.15, 0.2) is 35.7 Å². The van der Waals surface area contributed by atoms with Gasteiger partial charge < -0.3 is 10.4 Å². The molecule has 1 fully saturated rings. The quantitative estimate of drug-likeness (QED) is 0.828. The number of nitrogens with zero attached hydrogens (tertiary/aromatic N) is 1. The highest BCUT2D eigenvalue weighted by molar-refractivity contribution is 7.13. The fourth-order valence-electron chi connectivity index (χ4n) is 3.29. The van der Waals surface area contributed by atoms with E-state index in [0.717, 1.165) is 35.5 Å². The van der Waals surface area contributed by atoms with Crippen LogP contribution in [0.5, 0.6) is 0 Å². The second-order valence-corrected chi connectivity index (χ2v) is 7.47. The van der Waals surface area contributed by atoms with Gasteiger partial charge in [0.05, 0.1) is 17.5 Å². The second-order valence-electron chi connectivity index (χ2n) is 6.61. The van der Waals surface area contributed by atoms with Gasteiger partial charge in [-0.15, -0.1) is 11.3 Å². The first kappa shape index (κ1) is 17.6. The molecule has 1 aromatic heterocycles. The Morgan fingerprint density at radius 1 is 1.16 bits per heavy atom. The highest BCUT2D eigenvalue weighted by atomic mass is 32.1. The summed E-state index contributed by atoms with van der Waals surface area (Å²) in [6.45, 7) is 0.205. The number of aliphatic carboxylic acids is 1. The molecule has 0 saturated heterocycles. The van der Waals surface area contributed by atoms with Crippen molar-refractivity contribution in [3.63, 3.8) is 0 Å². The molecule has 1 aromatic carbocycles. The van der Waals surface area contributed by atoms with Crippen molar-refractivity contribution in [2.45, 2.75) is 38.5 Å². The Morgan fingerprint density at radius 3 is 2.56 bits per heavy atom. The van der Waals surface area contributed by atoms with Gasteiger partial charge in [-0.25, -0.2) is 4.98 Å². The number of aromatic nitrogens is 1. The number of carboxylic acid groups (broad SMARTS) is 1. The Kier molecular flexibility index (Phi) is 5.48. The average molecular weight is 358 g/mol. The highest BCUT2D eigenvalue weighted by Crippen LogP contribution is 2.36. The lowest BCUT2D eigenvalue weighted by molar-refractivity contribution is -0.151. The van der Waals surface area contributed by atoms with Crippen LogP contribution >= 0.6 is 11.3 Å². The van der Waals surface area contributed by atoms with Crippen LogP contribution in [0.4, 0.5) is 0 Å². The Hall–Kier alpha value is -2.21. The van der Waals surface area contributed by atoms with Crippen molar-refractivity contribution in [2.75, 3.05) is 6.54 Å². The van der Waals surface area contributed by atoms with Gasteiger partial charge in [0.2, 0.25) is 5.91 Å². The molecule has 6 heteroatoms. The summed E-state index contributed by atoms with van der Waals surface area (Å²) in [5, 5.41) is 15.1. The van der Waals surface area contributed by atoms with Gasteiger partial charge in [-0.05, 0) is 12.8 Å². The fraction of sp³-hybridized carbons (Fsp3) is 0.421. The second kappa shape index (κ2) is 7.78. The SMILES string of the molecule is O=C(Cc1csc(-c2ccccc2)n1)NCC1(C(=O)O)CCCCC1. The van der Waals surface area contributed by atoms with E-state index in [1.54, 1.807) is 0 Å². The molecule has 0 bridgehead atoms. The molecule has 1 heterocycles. The van der Waals surface area contributed by atoms with Crippen molar-refractivity contribution < 1.29 is 14.7 Å². The van der Waals surface area contributed by atoms with Gasteiger partial charge in [0.25, 0.3) is 0 Å². The standard InChI is InChI=1S/C19H22N2O3S/c22-16(20-13-19(18(23)24)9-5-2-6-10-19)11-15-12-25-17(21-15)14-7-3-1-4-8-14/h1,3-4,7-8,12H,2,5-6,9-11,13H2,(H,20,22)(H,23,24). The van der Waals surface area contributed by atoms with Gasteiger partial charge in [0.15, 0.2) is 0 Å². The molecule has 0 aliphatic heterocycles. The van der Waals surface area contributed by atoms with E-state index in [2.05, 4.69) is 10.3 Å². The van der Waals surface area contributed by atoms with Crippen LogP contribution in [0.1, 0.15) is 37.8 Å². The van der Waals surface area contributed by atoms with Gasteiger partial charge >= 0.3 is 5.97 Å². The Bertz CT molecular complexity index is 736. The molecule has 0 unspecified atom stereocenters. The minimum Gasteiger partial charge on any atom is -0.481 e. The zero-order valence-corrected chi connectivity index (χ0v) is 14.8. The monoisotopic (exact) mass is 358 g/mol. The molecule has 1 aliphatic carbocycles. The molecule has 0 atom stereocenters. The normalized spacial score (nSPS) is 16.3. The topological polar surface area (TPSA) is 79.3 Å². The number of amides is 1. The molecule has 2 N–H and O–H groups in total. The molecule has 3 rings (SSSR count). The van der Waals surface area contributed by atoms with Crippen molar-refractivity contribution in [1.82, 2.24) is 10.3 Å². The van der Waals surface area contributed by atoms with Crippen LogP contribution in [-0.4, -0.2) is 28.5 Å². The number of thiazole rings is 1. The third kappa shape index (κ3) is 4.25. The molecular formula is C19H22N2O3S. The summed E-state index contributed by atoms with van der Waals surface area (Å²) in [6, 6.07) is 9.84. The van der Waals surface area contributed by atoms with Gasteiger partial charge in [-0.1, -0.05) is 49.6 Å². The van der Waals surface area contributed by atoms with Gasteiger partial charge in [0.1, 0.15) is 5.01 Å². The third-order valence-corrected chi connectivity index (χ3v) is 5.74. The van der Waals surface area contributed by atoms with Crippen molar-refractivity contribution in [3.05, 3.63) is 41.4 Å². The van der Waals surface area contributed by atoms with Crippen LogP contribution in [0.25, 0.3) is 10.6 Å². The van der Waals surface area contributed by atoms with E-state index in [4.69, 9.17) is 0 Å². The molecule has 5 nitrogen and oxygen atoms in total. The van der Waals surface area contributed by atoms with Crippen molar-refractivity contribution in [1.29, 1.82) is 0 Å². The molecule has 0 radical (unpaired) electrons. The maximum absolute atomic E-state index is 12.2. The number of carbonyl (C=O) groups excluding carboxylic acids is 1. The predicted octanol–water partition coefficient (Wildman–Crippen LogP) is 3.50. The number of carbonyl (C=O) groups is 2. The smallest absolute Gasteiger partial charge is 0.311 e. The number of benzene rings is 1. The zero-order chi connectivity index (χ0) is 17.7. The Balaban J connectivity index is 1.58. The lowest BCUT2D eigenvalue weighted by atomic mass is 9.74. The maximum atomic E-state index is 12.2. The molecular weight excluding hydrogens is 336 g/mol. The largest absolute Gasteiger partial charge is 0.481 e. The van der Waals surface area contributed by atoms with Crippen LogP contribution in [-0.2, 0) is 16.0 Å². The highest BCUT2D eigenvalue weighted by Gasteiger charge is 2.39. The molecule has 1 saturated carbocycles. The van der Waals surface area contributed by atoms with Gasteiger partial charge in [-0.2, -0.15) is 0 Å². The van der Waals surface area contributed by atoms with Crippen LogP contribution in [0.2, 0.25) is 0 Å². The molecule has 2 aromatic rings. The Morgan fingerprint density at radius 2 is 1.88 bits per heavy atom. The lowest BCUT2D eigenvalue weighted by Gasteiger charge is -2.33. The van der Waals surface area contributed by atoms with E-state index < -0.39 is 11.4 Å². The average Bonchev–Trinajstić information content (AvgIpc) is 3.10. The summed E-state index contributed by atoms with van der Waals surface area (Å²) in [7, 11) is 0. The number of nitrogens with one attached hydrogen (secondary N) is 1. The van der Waals surface area contributed by atoms with Crippen molar-refractivity contribution in [2.24, 2.45) is 5.41 Å². The van der Waals surface area contributed by atoms with E-state index in [0.29, 0.717) is 12.8 Å². The van der Waals surface area contributed by atoms with E-state index >= 15 is 0 Å². The van der Waals surface area contributed by atoms with E-state index in [1.165, 1.54) is 11.3 Å². The van der Waals surface area contributed by atoms with Crippen LogP contribution < -0.4 is 5.32 Å². The molecule has 0 spiro atoms. The first-order chi connectivity index (χ1) is 12.1. The summed E-state index contributed by atoms with van der Waals surface area (Å²) < 4.78 is 0. The first-order valence-corrected chi connectivity index (χ1v) is 9.47. The maximum Gasteiger partial charge on any atom is 0.311 e. The van der Waals surface area contributed by atoms with Gasteiger partial charge in [0, 0.05) is 17.5 Å². The summed E-state index contributed by atoms with van der Waals surface area (Å²) in [5.74, 6) is -0.969. The number of hydrogen-bond acceptors (Lipinski definition) is 4. The fourth-order valence-corrected chi connectivity index (χ4v) is 4.12. The van der Waals surface area contributed by atoms with E-state index in [1.807, 2.05) is 35.7 Å². The number of carboxylic acids is 1. The van der Waals surface area contributed by atoms with Crippen molar-refractivity contribution >= 4 is 23.2 Å². The predicted molar refractivity (Wildman–Crippen MR) is 97.4 cm³/mol. The summed E-state index contributed by atoms with van der Waals surface area (Å²) >= 11 is 1.51. The summed E-state index contributed by atoms with van der Waals surface area (Å²) in [5.41, 5.74) is 0.950. The first-order valence-electron chi connectivity index (χ1n) is 8.59. The zero-order valence-electron chi connectivity index (χ0n) is 14.0. The summed E-state index contributed by atoms with van der Waals surface area (Å²) in [4.78, 5) is 28.4. The Labute approximate surface area is 151 Å². The van der Waals surface area contributed by atoms with E-state index in [9.17, 15) is 14.7 Å².